The second kappa shape index (κ2) is 4.06. The van der Waals surface area contributed by atoms with Crippen LogP contribution >= 0.6 is 0 Å². The molecule has 4 nitrogen and oxygen atoms in total. The van der Waals surface area contributed by atoms with Crippen LogP contribution in [-0.2, 0) is 4.79 Å². The predicted molar refractivity (Wildman–Crippen MR) is 56.3 cm³/mol. The maximum absolute atomic E-state index is 12.0. The maximum Gasteiger partial charge on any atom is 0.245 e. The van der Waals surface area contributed by atoms with Gasteiger partial charge in [0.15, 0.2) is 0 Å². The van der Waals surface area contributed by atoms with Gasteiger partial charge in [0.25, 0.3) is 0 Å². The van der Waals surface area contributed by atoms with Crippen molar-refractivity contribution in [3.63, 3.8) is 0 Å². The molecule has 15 heavy (non-hydrogen) atoms. The van der Waals surface area contributed by atoms with Crippen molar-refractivity contribution >= 4 is 5.91 Å². The van der Waals surface area contributed by atoms with Crippen LogP contribution in [0.15, 0.2) is 24.5 Å². The second-order valence-corrected chi connectivity index (χ2v) is 4.03. The van der Waals surface area contributed by atoms with Gasteiger partial charge in [-0.1, -0.05) is 0 Å². The van der Waals surface area contributed by atoms with E-state index in [0.717, 1.165) is 0 Å². The van der Waals surface area contributed by atoms with Gasteiger partial charge in [0.1, 0.15) is 6.04 Å². The lowest BCUT2D eigenvalue weighted by molar-refractivity contribution is -0.133. The van der Waals surface area contributed by atoms with E-state index in [1.54, 1.807) is 4.90 Å². The third-order valence-corrected chi connectivity index (χ3v) is 2.91. The van der Waals surface area contributed by atoms with Crippen LogP contribution in [-0.4, -0.2) is 39.7 Å². The number of hydrogen-bond acceptors (Lipinski definition) is 2. The fourth-order valence-electron chi connectivity index (χ4n) is 1.94. The van der Waals surface area contributed by atoms with Gasteiger partial charge in [0, 0.05) is 25.5 Å². The number of aromatic nitrogens is 1. The molecule has 0 spiro atoms. The van der Waals surface area contributed by atoms with Crippen molar-refractivity contribution in [1.29, 1.82) is 0 Å². The quantitative estimate of drug-likeness (QED) is 0.775. The van der Waals surface area contributed by atoms with Crippen LogP contribution < -0.4 is 0 Å². The molecule has 82 valence electrons. The van der Waals surface area contributed by atoms with Gasteiger partial charge in [-0.3, -0.25) is 4.79 Å². The third kappa shape index (κ3) is 2.04. The molecular weight excluding hydrogens is 192 g/mol. The number of aliphatic hydroxyl groups excluding tert-OH is 1. The zero-order valence-corrected chi connectivity index (χ0v) is 8.84. The number of aliphatic hydroxyl groups is 1. The number of β-amino-alcohol motifs (C(OH)–C–C–N with tert-alkyl or cyclic N) is 1. The summed E-state index contributed by atoms with van der Waals surface area (Å²) in [6, 6.07) is 3.64. The maximum atomic E-state index is 12.0. The number of amides is 1. The molecule has 0 aliphatic carbocycles. The summed E-state index contributed by atoms with van der Waals surface area (Å²) < 4.78 is 1.88. The number of nitrogens with zero attached hydrogens (tertiary/aromatic N) is 2. The van der Waals surface area contributed by atoms with Gasteiger partial charge in [-0.25, -0.2) is 0 Å². The largest absolute Gasteiger partial charge is 0.391 e. The molecule has 1 aromatic rings. The van der Waals surface area contributed by atoms with Crippen LogP contribution in [0.1, 0.15) is 19.4 Å². The summed E-state index contributed by atoms with van der Waals surface area (Å²) in [5.74, 6) is 0.0859. The Morgan fingerprint density at radius 2 is 2.13 bits per heavy atom. The fourth-order valence-corrected chi connectivity index (χ4v) is 1.94. The number of hydrogen-bond donors (Lipinski definition) is 1. The summed E-state index contributed by atoms with van der Waals surface area (Å²) in [7, 11) is 0. The summed E-state index contributed by atoms with van der Waals surface area (Å²) in [4.78, 5) is 13.7. The molecule has 1 aliphatic rings. The van der Waals surface area contributed by atoms with Crippen molar-refractivity contribution in [3.05, 3.63) is 24.5 Å². The first-order valence-electron chi connectivity index (χ1n) is 5.28. The van der Waals surface area contributed by atoms with Crippen LogP contribution in [0.4, 0.5) is 0 Å². The Hall–Kier alpha value is -1.29. The second-order valence-electron chi connectivity index (χ2n) is 4.03. The molecule has 1 saturated heterocycles. The molecule has 2 atom stereocenters. The normalized spacial score (nSPS) is 23.1. The lowest BCUT2D eigenvalue weighted by Gasteiger charge is -2.21. The molecular formula is C11H16N2O2. The molecule has 2 heterocycles. The first-order valence-corrected chi connectivity index (χ1v) is 5.28. The Balaban J connectivity index is 2.02. The Labute approximate surface area is 89.1 Å². The Morgan fingerprint density at radius 3 is 2.67 bits per heavy atom. The summed E-state index contributed by atoms with van der Waals surface area (Å²) in [5, 5.41) is 9.36. The first kappa shape index (κ1) is 10.2. The minimum absolute atomic E-state index is 0.0859. The van der Waals surface area contributed by atoms with Crippen molar-refractivity contribution < 1.29 is 9.90 Å². The van der Waals surface area contributed by atoms with E-state index < -0.39 is 0 Å². The van der Waals surface area contributed by atoms with Gasteiger partial charge in [0.05, 0.1) is 6.10 Å². The zero-order chi connectivity index (χ0) is 10.8. The topological polar surface area (TPSA) is 45.5 Å². The summed E-state index contributed by atoms with van der Waals surface area (Å²) in [5.41, 5.74) is 0. The van der Waals surface area contributed by atoms with E-state index in [-0.39, 0.29) is 18.1 Å². The lowest BCUT2D eigenvalue weighted by atomic mass is 10.3. The Morgan fingerprint density at radius 1 is 1.47 bits per heavy atom. The lowest BCUT2D eigenvalue weighted by Crippen LogP contribution is -2.34. The molecule has 0 aromatic carbocycles. The molecule has 4 heteroatoms. The van der Waals surface area contributed by atoms with Gasteiger partial charge in [-0.05, 0) is 25.5 Å². The molecule has 1 aromatic heterocycles. The van der Waals surface area contributed by atoms with Crippen LogP contribution in [0, 0.1) is 0 Å². The highest BCUT2D eigenvalue weighted by Crippen LogP contribution is 2.15. The van der Waals surface area contributed by atoms with Crippen molar-refractivity contribution in [3.8, 4) is 0 Å². The number of carbonyl (C=O) groups is 1. The SMILES string of the molecule is CC(C(=O)N1CC[C@@H](O)C1)n1cccc1. The zero-order valence-electron chi connectivity index (χ0n) is 8.84. The van der Waals surface area contributed by atoms with E-state index in [2.05, 4.69) is 0 Å². The molecule has 0 radical (unpaired) electrons. The van der Waals surface area contributed by atoms with E-state index in [1.165, 1.54) is 0 Å². The van der Waals surface area contributed by atoms with Crippen LogP contribution in [0.3, 0.4) is 0 Å². The molecule has 2 rings (SSSR count). The van der Waals surface area contributed by atoms with Crippen LogP contribution in [0.25, 0.3) is 0 Å². The molecule has 1 aliphatic heterocycles. The molecule has 1 fully saturated rings. The van der Waals surface area contributed by atoms with Crippen molar-refractivity contribution in [1.82, 2.24) is 9.47 Å². The minimum Gasteiger partial charge on any atom is -0.391 e. The highest BCUT2D eigenvalue weighted by Gasteiger charge is 2.28. The number of carbonyl (C=O) groups excluding carboxylic acids is 1. The van der Waals surface area contributed by atoms with Gasteiger partial charge in [0.2, 0.25) is 5.91 Å². The summed E-state index contributed by atoms with van der Waals surface area (Å²) >= 11 is 0. The number of likely N-dealkylation sites (tertiary alicyclic amines) is 1. The van der Waals surface area contributed by atoms with E-state index in [9.17, 15) is 9.90 Å². The van der Waals surface area contributed by atoms with Gasteiger partial charge >= 0.3 is 0 Å². The van der Waals surface area contributed by atoms with Crippen molar-refractivity contribution in [2.24, 2.45) is 0 Å². The average molecular weight is 208 g/mol. The van der Waals surface area contributed by atoms with E-state index in [0.29, 0.717) is 19.5 Å². The first-order chi connectivity index (χ1) is 7.18. The van der Waals surface area contributed by atoms with E-state index >= 15 is 0 Å². The summed E-state index contributed by atoms with van der Waals surface area (Å²) in [6.07, 6.45) is 4.12. The highest BCUT2D eigenvalue weighted by atomic mass is 16.3. The molecule has 0 bridgehead atoms. The van der Waals surface area contributed by atoms with Gasteiger partial charge < -0.3 is 14.6 Å². The van der Waals surface area contributed by atoms with Crippen LogP contribution in [0.2, 0.25) is 0 Å². The highest BCUT2D eigenvalue weighted by molar-refractivity contribution is 5.80. The average Bonchev–Trinajstić information content (AvgIpc) is 2.85. The molecule has 1 unspecified atom stereocenters. The standard InChI is InChI=1S/C11H16N2O2/c1-9(12-5-2-3-6-12)11(15)13-7-4-10(14)8-13/h2-3,5-6,9-10,14H,4,7-8H2,1H3/t9?,10-/m1/s1. The number of rotatable bonds is 2. The van der Waals surface area contributed by atoms with E-state index in [4.69, 9.17) is 0 Å². The monoisotopic (exact) mass is 208 g/mol. The fraction of sp³-hybridized carbons (Fsp3) is 0.545. The third-order valence-electron chi connectivity index (χ3n) is 2.91. The Kier molecular flexibility index (Phi) is 2.77. The van der Waals surface area contributed by atoms with Crippen molar-refractivity contribution in [2.75, 3.05) is 13.1 Å². The van der Waals surface area contributed by atoms with Gasteiger partial charge in [-0.2, -0.15) is 0 Å². The Bertz CT molecular complexity index is 334. The molecule has 1 amide bonds. The summed E-state index contributed by atoms with van der Waals surface area (Å²) in [6.45, 7) is 3.03. The molecule has 1 N–H and O–H groups in total. The minimum atomic E-state index is -0.342. The van der Waals surface area contributed by atoms with E-state index in [1.807, 2.05) is 36.0 Å². The van der Waals surface area contributed by atoms with Crippen molar-refractivity contribution in [2.45, 2.75) is 25.5 Å². The van der Waals surface area contributed by atoms with Gasteiger partial charge in [-0.15, -0.1) is 0 Å². The smallest absolute Gasteiger partial charge is 0.245 e. The molecule has 0 saturated carbocycles. The van der Waals surface area contributed by atoms with Crippen LogP contribution in [0.5, 0.6) is 0 Å². The predicted octanol–water partition coefficient (Wildman–Crippen LogP) is 0.642.